The minimum Gasteiger partial charge on any atom is -0.354 e. The Bertz CT molecular complexity index is 571. The predicted octanol–water partition coefficient (Wildman–Crippen LogP) is 2.26. The molecule has 1 fully saturated rings. The fourth-order valence-electron chi connectivity index (χ4n) is 2.60. The standard InChI is InChI=1S/C15H19N3/c1-11-4-3-5-13-12(2)10-14(17-15(11)13)18-8-6-16-7-9-18/h3-5,10,16H,6-9H2,1-2H3. The number of fused-ring (bicyclic) bond motifs is 1. The largest absolute Gasteiger partial charge is 0.354 e. The van der Waals surface area contributed by atoms with Gasteiger partial charge in [0.2, 0.25) is 0 Å². The second-order valence-electron chi connectivity index (χ2n) is 5.01. The van der Waals surface area contributed by atoms with Crippen LogP contribution in [0.2, 0.25) is 0 Å². The highest BCUT2D eigenvalue weighted by Gasteiger charge is 2.13. The lowest BCUT2D eigenvalue weighted by atomic mass is 10.1. The number of hydrogen-bond donors (Lipinski definition) is 1. The van der Waals surface area contributed by atoms with Gasteiger partial charge in [-0.05, 0) is 31.0 Å². The van der Waals surface area contributed by atoms with E-state index >= 15 is 0 Å². The maximum Gasteiger partial charge on any atom is 0.129 e. The molecule has 3 nitrogen and oxygen atoms in total. The smallest absolute Gasteiger partial charge is 0.129 e. The van der Waals surface area contributed by atoms with Gasteiger partial charge in [-0.25, -0.2) is 4.98 Å². The molecular weight excluding hydrogens is 222 g/mol. The molecule has 1 aliphatic rings. The number of benzene rings is 1. The van der Waals surface area contributed by atoms with Crippen LogP contribution in [0.3, 0.4) is 0 Å². The molecule has 1 saturated heterocycles. The van der Waals surface area contributed by atoms with Gasteiger partial charge in [0.15, 0.2) is 0 Å². The van der Waals surface area contributed by atoms with Gasteiger partial charge in [0.1, 0.15) is 5.82 Å². The van der Waals surface area contributed by atoms with E-state index in [2.05, 4.69) is 48.3 Å². The monoisotopic (exact) mass is 241 g/mol. The number of aryl methyl sites for hydroxylation is 2. The van der Waals surface area contributed by atoms with E-state index in [4.69, 9.17) is 4.98 Å². The average molecular weight is 241 g/mol. The van der Waals surface area contributed by atoms with Gasteiger partial charge in [-0.1, -0.05) is 18.2 Å². The third kappa shape index (κ3) is 1.95. The third-order valence-corrected chi connectivity index (χ3v) is 3.68. The Morgan fingerprint density at radius 3 is 2.67 bits per heavy atom. The Morgan fingerprint density at radius 2 is 1.89 bits per heavy atom. The van der Waals surface area contributed by atoms with Crippen molar-refractivity contribution in [2.75, 3.05) is 31.1 Å². The number of rotatable bonds is 1. The van der Waals surface area contributed by atoms with E-state index in [1.54, 1.807) is 0 Å². The molecule has 0 unspecified atom stereocenters. The van der Waals surface area contributed by atoms with Crippen molar-refractivity contribution in [3.63, 3.8) is 0 Å². The fraction of sp³-hybridized carbons (Fsp3) is 0.400. The number of anilines is 1. The summed E-state index contributed by atoms with van der Waals surface area (Å²) in [7, 11) is 0. The molecule has 1 aromatic heterocycles. The summed E-state index contributed by atoms with van der Waals surface area (Å²) >= 11 is 0. The van der Waals surface area contributed by atoms with E-state index in [1.807, 2.05) is 0 Å². The second kappa shape index (κ2) is 4.58. The number of hydrogen-bond acceptors (Lipinski definition) is 3. The van der Waals surface area contributed by atoms with Gasteiger partial charge in [-0.2, -0.15) is 0 Å². The van der Waals surface area contributed by atoms with Crippen molar-refractivity contribution in [2.45, 2.75) is 13.8 Å². The summed E-state index contributed by atoms with van der Waals surface area (Å²) in [6.45, 7) is 8.50. The van der Waals surface area contributed by atoms with Crippen LogP contribution in [0.25, 0.3) is 10.9 Å². The fourth-order valence-corrected chi connectivity index (χ4v) is 2.60. The topological polar surface area (TPSA) is 28.2 Å². The molecule has 0 bridgehead atoms. The third-order valence-electron chi connectivity index (χ3n) is 3.68. The first-order valence-electron chi connectivity index (χ1n) is 6.58. The van der Waals surface area contributed by atoms with Crippen LogP contribution in [0.15, 0.2) is 24.3 Å². The van der Waals surface area contributed by atoms with Crippen LogP contribution in [-0.2, 0) is 0 Å². The van der Waals surface area contributed by atoms with Gasteiger partial charge in [-0.15, -0.1) is 0 Å². The minimum atomic E-state index is 1.05. The Morgan fingerprint density at radius 1 is 1.11 bits per heavy atom. The molecule has 94 valence electrons. The Kier molecular flexibility index (Phi) is 2.92. The molecule has 0 aliphatic carbocycles. The van der Waals surface area contributed by atoms with E-state index in [9.17, 15) is 0 Å². The summed E-state index contributed by atoms with van der Waals surface area (Å²) in [5.74, 6) is 1.12. The Hall–Kier alpha value is -1.61. The lowest BCUT2D eigenvalue weighted by Crippen LogP contribution is -2.43. The number of pyridine rings is 1. The van der Waals surface area contributed by atoms with E-state index in [0.29, 0.717) is 0 Å². The molecule has 1 N–H and O–H groups in total. The first-order valence-corrected chi connectivity index (χ1v) is 6.58. The summed E-state index contributed by atoms with van der Waals surface area (Å²) in [5, 5.41) is 4.65. The molecule has 0 saturated carbocycles. The lowest BCUT2D eigenvalue weighted by Gasteiger charge is -2.29. The van der Waals surface area contributed by atoms with Crippen molar-refractivity contribution in [1.29, 1.82) is 0 Å². The van der Waals surface area contributed by atoms with Crippen LogP contribution in [0.1, 0.15) is 11.1 Å². The highest BCUT2D eigenvalue weighted by atomic mass is 15.2. The first-order chi connectivity index (χ1) is 8.75. The van der Waals surface area contributed by atoms with Crippen molar-refractivity contribution in [1.82, 2.24) is 10.3 Å². The van der Waals surface area contributed by atoms with Crippen LogP contribution in [0, 0.1) is 13.8 Å². The summed E-state index contributed by atoms with van der Waals surface area (Å²) in [6, 6.07) is 8.62. The molecule has 2 heterocycles. The van der Waals surface area contributed by atoms with Gasteiger partial charge in [0.25, 0.3) is 0 Å². The van der Waals surface area contributed by atoms with Crippen molar-refractivity contribution in [3.8, 4) is 0 Å². The first kappa shape index (κ1) is 11.5. The van der Waals surface area contributed by atoms with Crippen molar-refractivity contribution < 1.29 is 0 Å². The van der Waals surface area contributed by atoms with Crippen LogP contribution in [0.4, 0.5) is 5.82 Å². The van der Waals surface area contributed by atoms with E-state index in [1.165, 1.54) is 16.5 Å². The van der Waals surface area contributed by atoms with Crippen LogP contribution in [0.5, 0.6) is 0 Å². The van der Waals surface area contributed by atoms with E-state index < -0.39 is 0 Å². The van der Waals surface area contributed by atoms with Gasteiger partial charge >= 0.3 is 0 Å². The molecule has 3 rings (SSSR count). The van der Waals surface area contributed by atoms with E-state index in [0.717, 1.165) is 37.5 Å². The van der Waals surface area contributed by atoms with E-state index in [-0.39, 0.29) is 0 Å². The van der Waals surface area contributed by atoms with Crippen LogP contribution < -0.4 is 10.2 Å². The Labute approximate surface area is 108 Å². The summed E-state index contributed by atoms with van der Waals surface area (Å²) in [5.41, 5.74) is 3.72. The minimum absolute atomic E-state index is 1.05. The summed E-state index contributed by atoms with van der Waals surface area (Å²) in [6.07, 6.45) is 0. The average Bonchev–Trinajstić information content (AvgIpc) is 2.41. The normalized spacial score (nSPS) is 16.2. The molecule has 0 atom stereocenters. The quantitative estimate of drug-likeness (QED) is 0.830. The summed E-state index contributed by atoms with van der Waals surface area (Å²) < 4.78 is 0. The van der Waals surface area contributed by atoms with Crippen LogP contribution >= 0.6 is 0 Å². The van der Waals surface area contributed by atoms with Gasteiger partial charge < -0.3 is 10.2 Å². The number of nitrogens with one attached hydrogen (secondary N) is 1. The molecule has 1 aromatic carbocycles. The second-order valence-corrected chi connectivity index (χ2v) is 5.01. The van der Waals surface area contributed by atoms with Crippen LogP contribution in [-0.4, -0.2) is 31.2 Å². The molecule has 2 aromatic rings. The Balaban J connectivity index is 2.11. The maximum absolute atomic E-state index is 4.86. The van der Waals surface area contributed by atoms with Crippen molar-refractivity contribution in [2.24, 2.45) is 0 Å². The zero-order valence-corrected chi connectivity index (χ0v) is 11.0. The number of para-hydroxylation sites is 1. The van der Waals surface area contributed by atoms with Crippen molar-refractivity contribution >= 4 is 16.7 Å². The molecule has 1 aliphatic heterocycles. The summed E-state index contributed by atoms with van der Waals surface area (Å²) in [4.78, 5) is 7.23. The maximum atomic E-state index is 4.86. The molecule has 0 amide bonds. The molecule has 3 heteroatoms. The molecular formula is C15H19N3. The molecule has 18 heavy (non-hydrogen) atoms. The highest BCUT2D eigenvalue weighted by molar-refractivity contribution is 5.86. The predicted molar refractivity (Wildman–Crippen MR) is 76.3 cm³/mol. The van der Waals surface area contributed by atoms with Gasteiger partial charge in [0.05, 0.1) is 5.52 Å². The molecule has 0 spiro atoms. The number of nitrogens with zero attached hydrogens (tertiary/aromatic N) is 2. The van der Waals surface area contributed by atoms with Gasteiger partial charge in [-0.3, -0.25) is 0 Å². The van der Waals surface area contributed by atoms with Gasteiger partial charge in [0, 0.05) is 31.6 Å². The zero-order chi connectivity index (χ0) is 12.5. The SMILES string of the molecule is Cc1cc(N2CCNCC2)nc2c(C)cccc12. The molecule has 0 radical (unpaired) electrons. The highest BCUT2D eigenvalue weighted by Crippen LogP contribution is 2.24. The number of aromatic nitrogens is 1. The van der Waals surface area contributed by atoms with Crippen molar-refractivity contribution in [3.05, 3.63) is 35.4 Å². The number of piperazine rings is 1. The lowest BCUT2D eigenvalue weighted by molar-refractivity contribution is 0.585. The zero-order valence-electron chi connectivity index (χ0n) is 11.0.